The maximum absolute atomic E-state index is 13.6. The Hall–Kier alpha value is -2.81. The molecule has 0 spiro atoms. The minimum absolute atomic E-state index is 0.0355. The molecule has 0 aromatic carbocycles. The van der Waals surface area contributed by atoms with Crippen LogP contribution < -0.4 is 5.32 Å². The van der Waals surface area contributed by atoms with E-state index in [1.165, 1.54) is 186 Å². The second-order valence-corrected chi connectivity index (χ2v) is 26.1. The molecule has 83 heavy (non-hydrogen) atoms. The van der Waals surface area contributed by atoms with Gasteiger partial charge in [-0.15, -0.1) is 0 Å². The molecule has 0 saturated carbocycles. The summed E-state index contributed by atoms with van der Waals surface area (Å²) in [6, 6.07) is -0.858. The molecule has 1 amide bonds. The zero-order valence-corrected chi connectivity index (χ0v) is 56.1. The molecule has 0 aliphatic rings. The fourth-order valence-corrected chi connectivity index (χ4v) is 10.6. The van der Waals surface area contributed by atoms with Crippen molar-refractivity contribution in [1.82, 2.24) is 5.32 Å². The highest BCUT2D eigenvalue weighted by molar-refractivity contribution is 7.47. The van der Waals surface area contributed by atoms with Crippen molar-refractivity contribution in [3.8, 4) is 0 Å². The van der Waals surface area contributed by atoms with Crippen LogP contribution in [0.25, 0.3) is 0 Å². The van der Waals surface area contributed by atoms with E-state index in [0.717, 1.165) is 96.3 Å². The molecule has 10 heteroatoms. The number of esters is 1. The molecule has 0 aromatic heterocycles. The Labute approximate surface area is 514 Å². The third-order valence-corrected chi connectivity index (χ3v) is 16.3. The molecule has 0 aliphatic carbocycles. The molecule has 0 fully saturated rings. The van der Waals surface area contributed by atoms with E-state index in [2.05, 4.69) is 99.0 Å². The normalized spacial score (nSPS) is 14.1. The van der Waals surface area contributed by atoms with E-state index in [0.29, 0.717) is 17.4 Å². The van der Waals surface area contributed by atoms with Crippen LogP contribution in [0.5, 0.6) is 0 Å². The molecule has 0 aromatic rings. The molecule has 2 N–H and O–H groups in total. The molecule has 0 heterocycles. The average molecular weight is 1180 g/mol. The fourth-order valence-electron chi connectivity index (χ4n) is 9.90. The van der Waals surface area contributed by atoms with Crippen LogP contribution in [0.3, 0.4) is 0 Å². The molecule has 0 aliphatic heterocycles. The molecule has 0 radical (unpaired) electrons. The highest BCUT2D eigenvalue weighted by atomic mass is 31.2. The third kappa shape index (κ3) is 63.5. The SMILES string of the molecule is CCCCC/C=C\C/C=C\C/C=C\CCCCCCCCCCCCCCCCC(=O)NC(COP(=O)(O)OCC[N+](C)(C)C)C(/C=C\CCCCCCCCCCC)OC(=O)CCCCCCCC/C=C\C/C=C\C/C=C\CCCCC. The van der Waals surface area contributed by atoms with Crippen LogP contribution >= 0.6 is 7.82 Å². The third-order valence-electron chi connectivity index (χ3n) is 15.3. The van der Waals surface area contributed by atoms with Crippen LogP contribution in [0.2, 0.25) is 0 Å². The molecule has 3 atom stereocenters. The van der Waals surface area contributed by atoms with Gasteiger partial charge in [-0.05, 0) is 109 Å². The Bertz CT molecular complexity index is 1700. The molecular formula is C73H134N2O7P+. The van der Waals surface area contributed by atoms with Gasteiger partial charge in [-0.1, -0.05) is 280 Å². The summed E-state index contributed by atoms with van der Waals surface area (Å²) < 4.78 is 30.8. The first-order valence-corrected chi connectivity index (χ1v) is 36.4. The summed E-state index contributed by atoms with van der Waals surface area (Å²) in [5.41, 5.74) is 0. The summed E-state index contributed by atoms with van der Waals surface area (Å²) in [6.07, 6.45) is 83.1. The standard InChI is InChI=1S/C73H133N2O7P/c1-7-10-13-16-19-22-25-27-29-31-33-34-35-36-37-38-39-40-42-43-45-47-50-53-56-59-62-65-72(76)74-70(69-81-83(78,79)80-68-67-75(4,5)6)71(64-61-58-55-52-49-24-21-18-15-12-9-3)82-73(77)66-63-60-57-54-51-48-46-44-41-32-30-28-26-23-20-17-14-11-8-2/h19-20,22-23,27-30,33-34,41,44,61,64,70-71H,7-18,21,24-26,31-32,35-40,42-43,45-60,62-63,65-69H2,1-6H3,(H-,74,76,78,79)/p+1/b22-19-,23-20-,29-27-,30-28-,34-33-,44-41-,64-61-. The predicted octanol–water partition coefficient (Wildman–Crippen LogP) is 22.1. The van der Waals surface area contributed by atoms with Gasteiger partial charge in [0.05, 0.1) is 33.8 Å². The minimum atomic E-state index is -4.46. The maximum Gasteiger partial charge on any atom is 0.472 e. The summed E-state index contributed by atoms with van der Waals surface area (Å²) in [7, 11) is 1.49. The number of unbranched alkanes of at least 4 members (excludes halogenated alkanes) is 35. The number of hydrogen-bond acceptors (Lipinski definition) is 6. The number of nitrogens with one attached hydrogen (secondary N) is 1. The van der Waals surface area contributed by atoms with Gasteiger partial charge in [0, 0.05) is 12.8 Å². The van der Waals surface area contributed by atoms with Gasteiger partial charge < -0.3 is 19.4 Å². The Balaban J connectivity index is 5.03. The van der Waals surface area contributed by atoms with Crippen molar-refractivity contribution in [2.75, 3.05) is 40.9 Å². The minimum Gasteiger partial charge on any atom is -0.456 e. The largest absolute Gasteiger partial charge is 0.472 e. The van der Waals surface area contributed by atoms with Crippen molar-refractivity contribution in [3.63, 3.8) is 0 Å². The van der Waals surface area contributed by atoms with Crippen molar-refractivity contribution < 1.29 is 37.3 Å². The lowest BCUT2D eigenvalue weighted by atomic mass is 10.0. The van der Waals surface area contributed by atoms with Crippen molar-refractivity contribution in [3.05, 3.63) is 85.1 Å². The second kappa shape index (κ2) is 62.2. The first kappa shape index (κ1) is 80.2. The van der Waals surface area contributed by atoms with Crippen molar-refractivity contribution >= 4 is 19.7 Å². The number of quaternary nitrogens is 1. The Kier molecular flexibility index (Phi) is 60.1. The number of phosphoric ester groups is 1. The van der Waals surface area contributed by atoms with Gasteiger partial charge in [-0.3, -0.25) is 18.6 Å². The number of ether oxygens (including phenoxy) is 1. The van der Waals surface area contributed by atoms with E-state index >= 15 is 0 Å². The predicted molar refractivity (Wildman–Crippen MR) is 360 cm³/mol. The average Bonchev–Trinajstić information content (AvgIpc) is 3.51. The van der Waals surface area contributed by atoms with Gasteiger partial charge in [0.1, 0.15) is 19.3 Å². The topological polar surface area (TPSA) is 111 Å². The number of amides is 1. The number of nitrogens with zero attached hydrogens (tertiary/aromatic N) is 1. The molecule has 482 valence electrons. The lowest BCUT2D eigenvalue weighted by Gasteiger charge is -2.27. The number of phosphoric acid groups is 1. The zero-order valence-electron chi connectivity index (χ0n) is 55.2. The molecule has 3 unspecified atom stereocenters. The van der Waals surface area contributed by atoms with E-state index in [1.807, 2.05) is 33.3 Å². The highest BCUT2D eigenvalue weighted by Gasteiger charge is 2.30. The molecular weight excluding hydrogens is 1050 g/mol. The van der Waals surface area contributed by atoms with Gasteiger partial charge >= 0.3 is 13.8 Å². The van der Waals surface area contributed by atoms with E-state index < -0.39 is 20.0 Å². The monoisotopic (exact) mass is 1180 g/mol. The summed E-state index contributed by atoms with van der Waals surface area (Å²) in [6.45, 7) is 6.96. The van der Waals surface area contributed by atoms with E-state index in [4.69, 9.17) is 13.8 Å². The van der Waals surface area contributed by atoms with Crippen molar-refractivity contribution in [2.45, 2.75) is 328 Å². The van der Waals surface area contributed by atoms with Crippen molar-refractivity contribution in [1.29, 1.82) is 0 Å². The molecule has 9 nitrogen and oxygen atoms in total. The van der Waals surface area contributed by atoms with Gasteiger partial charge in [0.25, 0.3) is 0 Å². The molecule has 0 bridgehead atoms. The lowest BCUT2D eigenvalue weighted by Crippen LogP contribution is -2.47. The van der Waals surface area contributed by atoms with Crippen LogP contribution in [0, 0.1) is 0 Å². The number of carbonyl (C=O) groups excluding carboxylic acids is 2. The molecule has 0 saturated heterocycles. The van der Waals surface area contributed by atoms with E-state index in [-0.39, 0.29) is 31.5 Å². The smallest absolute Gasteiger partial charge is 0.456 e. The van der Waals surface area contributed by atoms with E-state index in [9.17, 15) is 19.0 Å². The summed E-state index contributed by atoms with van der Waals surface area (Å²) in [5, 5.41) is 3.06. The Morgan fingerprint density at radius 1 is 0.422 bits per heavy atom. The lowest BCUT2D eigenvalue weighted by molar-refractivity contribution is -0.870. The van der Waals surface area contributed by atoms with Crippen molar-refractivity contribution in [2.24, 2.45) is 0 Å². The number of carbonyl (C=O) groups is 2. The maximum atomic E-state index is 13.6. The Morgan fingerprint density at radius 2 is 0.735 bits per heavy atom. The highest BCUT2D eigenvalue weighted by Crippen LogP contribution is 2.43. The number of rotatable bonds is 63. The summed E-state index contributed by atoms with van der Waals surface area (Å²) in [4.78, 5) is 37.8. The van der Waals surface area contributed by atoms with E-state index in [1.54, 1.807) is 0 Å². The fraction of sp³-hybridized carbons (Fsp3) is 0.781. The first-order chi connectivity index (χ1) is 40.4. The van der Waals surface area contributed by atoms with Gasteiger partial charge in [-0.2, -0.15) is 0 Å². The Morgan fingerprint density at radius 3 is 1.12 bits per heavy atom. The van der Waals surface area contributed by atoms with Crippen LogP contribution in [-0.4, -0.2) is 74.3 Å². The van der Waals surface area contributed by atoms with Gasteiger partial charge in [0.15, 0.2) is 0 Å². The number of allylic oxidation sites excluding steroid dienone is 13. The summed E-state index contributed by atoms with van der Waals surface area (Å²) in [5.74, 6) is -0.516. The van der Waals surface area contributed by atoms with Crippen LogP contribution in [0.15, 0.2) is 85.1 Å². The second-order valence-electron chi connectivity index (χ2n) is 24.7. The van der Waals surface area contributed by atoms with Crippen LogP contribution in [0.1, 0.15) is 316 Å². The first-order valence-electron chi connectivity index (χ1n) is 34.9. The quantitative estimate of drug-likeness (QED) is 0.0205. The van der Waals surface area contributed by atoms with Gasteiger partial charge in [0.2, 0.25) is 5.91 Å². The van der Waals surface area contributed by atoms with Gasteiger partial charge in [-0.25, -0.2) is 4.57 Å². The number of hydrogen-bond donors (Lipinski definition) is 2. The van der Waals surface area contributed by atoms with Crippen LogP contribution in [0.4, 0.5) is 0 Å². The van der Waals surface area contributed by atoms with Crippen LogP contribution in [-0.2, 0) is 27.9 Å². The summed E-state index contributed by atoms with van der Waals surface area (Å²) >= 11 is 0. The molecule has 0 rings (SSSR count). The number of likely N-dealkylation sites (N-methyl/N-ethyl adjacent to an activating group) is 1. The zero-order chi connectivity index (χ0) is 60.7.